The van der Waals surface area contributed by atoms with Crippen LogP contribution < -0.4 is 0 Å². The highest BCUT2D eigenvalue weighted by molar-refractivity contribution is 6.39. The molecule has 0 aliphatic heterocycles. The Morgan fingerprint density at radius 3 is 2.05 bits per heavy atom. The number of carbonyl (C=O) groups is 1. The van der Waals surface area contributed by atoms with Crippen LogP contribution in [-0.2, 0) is 14.3 Å². The average molecular weight is 317 g/mol. The number of aliphatic carboxylic acids is 1. The van der Waals surface area contributed by atoms with Crippen molar-refractivity contribution in [2.45, 2.75) is 71.3 Å². The van der Waals surface area contributed by atoms with Crippen molar-refractivity contribution in [3.63, 3.8) is 0 Å². The van der Waals surface area contributed by atoms with Gasteiger partial charge in [-0.2, -0.15) is 0 Å². The van der Waals surface area contributed by atoms with E-state index in [1.54, 1.807) is 6.92 Å². The summed E-state index contributed by atoms with van der Waals surface area (Å²) in [7, 11) is -0.676. The summed E-state index contributed by atoms with van der Waals surface area (Å²) >= 11 is 0. The topological polar surface area (TPSA) is 55.8 Å². The lowest BCUT2D eigenvalue weighted by atomic mass is 10.2. The summed E-state index contributed by atoms with van der Waals surface area (Å²) in [6.07, 6.45) is 7.14. The van der Waals surface area contributed by atoms with E-state index < -0.39 is 15.5 Å². The Labute approximate surface area is 131 Å². The maximum absolute atomic E-state index is 10.9. The first-order valence-electron chi connectivity index (χ1n) is 8.19. The highest BCUT2D eigenvalue weighted by atomic mass is 28.2. The molecule has 0 heterocycles. The van der Waals surface area contributed by atoms with Gasteiger partial charge in [0.05, 0.1) is 9.52 Å². The molecule has 0 fully saturated rings. The van der Waals surface area contributed by atoms with E-state index in [1.165, 1.54) is 0 Å². The third-order valence-electron chi connectivity index (χ3n) is 3.45. The Kier molecular flexibility index (Phi) is 12.6. The highest BCUT2D eigenvalue weighted by Crippen LogP contribution is 2.17. The lowest BCUT2D eigenvalue weighted by Gasteiger charge is -2.21. The molecule has 0 saturated carbocycles. The first kappa shape index (κ1) is 20.3. The lowest BCUT2D eigenvalue weighted by Crippen LogP contribution is -2.28. The summed E-state index contributed by atoms with van der Waals surface area (Å²) in [5.41, 5.74) is 0.740. The van der Waals surface area contributed by atoms with Crippen LogP contribution in [0.3, 0.4) is 0 Å². The van der Waals surface area contributed by atoms with Crippen LogP contribution in [0.25, 0.3) is 0 Å². The second kappa shape index (κ2) is 13.0. The van der Waals surface area contributed by atoms with E-state index in [2.05, 4.69) is 20.8 Å². The summed E-state index contributed by atoms with van der Waals surface area (Å²) in [6, 6.07) is 0. The van der Waals surface area contributed by atoms with Crippen LogP contribution >= 0.6 is 0 Å². The number of rotatable bonds is 13. The molecule has 1 atom stereocenters. The molecule has 0 radical (unpaired) electrons. The number of ether oxygens (including phenoxy) is 2. The molecule has 0 aromatic heterocycles. The van der Waals surface area contributed by atoms with Crippen molar-refractivity contribution in [2.24, 2.45) is 0 Å². The van der Waals surface area contributed by atoms with Crippen molar-refractivity contribution >= 4 is 15.5 Å². The van der Waals surface area contributed by atoms with Crippen LogP contribution in [0.2, 0.25) is 5.54 Å². The van der Waals surface area contributed by atoms with Crippen LogP contribution in [0.15, 0.2) is 11.6 Å². The molecule has 1 N–H and O–H groups in total. The summed E-state index contributed by atoms with van der Waals surface area (Å²) in [6.45, 7) is 9.50. The summed E-state index contributed by atoms with van der Waals surface area (Å²) in [5.74, 6) is -0.927. The summed E-state index contributed by atoms with van der Waals surface area (Å²) in [5, 5.41) is 8.99. The van der Waals surface area contributed by atoms with E-state index in [9.17, 15) is 4.79 Å². The Morgan fingerprint density at radius 1 is 1.14 bits per heavy atom. The van der Waals surface area contributed by atoms with Crippen molar-refractivity contribution in [3.8, 4) is 0 Å². The summed E-state index contributed by atoms with van der Waals surface area (Å²) in [4.78, 5) is 10.9. The van der Waals surface area contributed by atoms with Crippen LogP contribution in [0.1, 0.15) is 59.8 Å². The van der Waals surface area contributed by atoms with E-state index in [0.717, 1.165) is 45.3 Å². The van der Waals surface area contributed by atoms with Crippen LogP contribution in [0.4, 0.5) is 0 Å². The molecule has 21 heavy (non-hydrogen) atoms. The molecule has 0 amide bonds. The van der Waals surface area contributed by atoms with Crippen molar-refractivity contribution in [3.05, 3.63) is 11.6 Å². The first-order valence-corrected chi connectivity index (χ1v) is 9.83. The van der Waals surface area contributed by atoms with E-state index in [0.29, 0.717) is 11.1 Å². The maximum Gasteiger partial charge on any atom is 0.330 e. The fourth-order valence-electron chi connectivity index (χ4n) is 1.93. The van der Waals surface area contributed by atoms with Gasteiger partial charge in [-0.05, 0) is 25.3 Å². The number of carboxylic acids is 1. The number of unbranched alkanes of at least 4 members (excludes halogenated alkanes) is 2. The maximum atomic E-state index is 10.9. The van der Waals surface area contributed by atoms with Crippen molar-refractivity contribution < 1.29 is 19.4 Å². The predicted octanol–water partition coefficient (Wildman–Crippen LogP) is 3.30. The van der Waals surface area contributed by atoms with Gasteiger partial charge in [-0.15, -0.1) is 0 Å². The van der Waals surface area contributed by atoms with Gasteiger partial charge < -0.3 is 14.6 Å². The minimum absolute atomic E-state index is 0.0918. The largest absolute Gasteiger partial charge is 0.478 e. The Morgan fingerprint density at radius 2 is 1.67 bits per heavy atom. The zero-order valence-electron chi connectivity index (χ0n) is 14.1. The van der Waals surface area contributed by atoms with Crippen LogP contribution in [0.5, 0.6) is 0 Å². The van der Waals surface area contributed by atoms with E-state index in [4.69, 9.17) is 14.6 Å². The molecular weight excluding hydrogens is 284 g/mol. The van der Waals surface area contributed by atoms with Crippen molar-refractivity contribution in [2.75, 3.05) is 13.2 Å². The molecule has 124 valence electrons. The van der Waals surface area contributed by atoms with E-state index >= 15 is 0 Å². The SMILES string of the molecule is CCCCOC(OCCCC)[SiH2]C(C=C(C)C(=O)O)CC. The quantitative estimate of drug-likeness (QED) is 0.245. The van der Waals surface area contributed by atoms with Gasteiger partial charge in [0, 0.05) is 18.8 Å². The van der Waals surface area contributed by atoms with Gasteiger partial charge in [-0.1, -0.05) is 46.1 Å². The molecular formula is C16H32O4Si. The molecule has 0 rings (SSSR count). The zero-order valence-corrected chi connectivity index (χ0v) is 15.5. The molecule has 1 unspecified atom stereocenters. The van der Waals surface area contributed by atoms with Gasteiger partial charge in [0.2, 0.25) is 0 Å². The second-order valence-corrected chi connectivity index (χ2v) is 7.62. The highest BCUT2D eigenvalue weighted by Gasteiger charge is 2.17. The van der Waals surface area contributed by atoms with Crippen molar-refractivity contribution in [1.82, 2.24) is 0 Å². The van der Waals surface area contributed by atoms with Gasteiger partial charge in [-0.3, -0.25) is 0 Å². The zero-order chi connectivity index (χ0) is 16.1. The summed E-state index contributed by atoms with van der Waals surface area (Å²) < 4.78 is 11.7. The second-order valence-electron chi connectivity index (χ2n) is 5.44. The van der Waals surface area contributed by atoms with Gasteiger partial charge in [0.15, 0.2) is 0 Å². The fraction of sp³-hybridized carbons (Fsp3) is 0.812. The van der Waals surface area contributed by atoms with E-state index in [-0.39, 0.29) is 5.91 Å². The molecule has 0 bridgehead atoms. The molecule has 0 aliphatic rings. The molecule has 4 nitrogen and oxygen atoms in total. The van der Waals surface area contributed by atoms with Gasteiger partial charge in [0.25, 0.3) is 0 Å². The third kappa shape index (κ3) is 10.7. The van der Waals surface area contributed by atoms with Gasteiger partial charge >= 0.3 is 5.97 Å². The minimum Gasteiger partial charge on any atom is -0.478 e. The number of allylic oxidation sites excluding steroid dienone is 1. The predicted molar refractivity (Wildman–Crippen MR) is 89.5 cm³/mol. The van der Waals surface area contributed by atoms with Crippen LogP contribution in [-0.4, -0.2) is 39.7 Å². The lowest BCUT2D eigenvalue weighted by molar-refractivity contribution is -0.132. The first-order chi connectivity index (χ1) is 10.0. The standard InChI is InChI=1S/C16H32O4Si/c1-5-8-10-19-16(20-11-9-6-2)21-14(7-3)12-13(4)15(17)18/h12,14,16H,5-11,21H2,1-4H3,(H,17,18). The Hall–Kier alpha value is -0.653. The van der Waals surface area contributed by atoms with Gasteiger partial charge in [-0.25, -0.2) is 4.79 Å². The number of hydrogen-bond donors (Lipinski definition) is 1. The number of carboxylic acid groups (broad SMARTS) is 1. The molecule has 0 saturated heterocycles. The molecule has 0 spiro atoms. The van der Waals surface area contributed by atoms with E-state index in [1.807, 2.05) is 6.08 Å². The molecule has 0 aromatic carbocycles. The molecule has 5 heteroatoms. The number of hydrogen-bond acceptors (Lipinski definition) is 3. The minimum atomic E-state index is -0.835. The Balaban J connectivity index is 4.49. The van der Waals surface area contributed by atoms with Crippen molar-refractivity contribution in [1.29, 1.82) is 0 Å². The van der Waals surface area contributed by atoms with Crippen LogP contribution in [0, 0.1) is 0 Å². The monoisotopic (exact) mass is 316 g/mol. The molecule has 0 aliphatic carbocycles. The average Bonchev–Trinajstić information content (AvgIpc) is 2.46. The normalized spacial score (nSPS) is 14.2. The Bertz CT molecular complexity index is 295. The smallest absolute Gasteiger partial charge is 0.330 e. The molecule has 0 aromatic rings. The third-order valence-corrected chi connectivity index (χ3v) is 5.72. The van der Waals surface area contributed by atoms with Gasteiger partial charge in [0.1, 0.15) is 5.91 Å². The fourth-order valence-corrected chi connectivity index (χ4v) is 3.85.